The van der Waals surface area contributed by atoms with Gasteiger partial charge in [0.2, 0.25) is 0 Å². The molecule has 10 rings (SSSR count). The number of hydrazine groups is 1. The Bertz CT molecular complexity index is 1390. The van der Waals surface area contributed by atoms with Crippen LogP contribution in [0.2, 0.25) is 0 Å². The van der Waals surface area contributed by atoms with Crippen LogP contribution < -0.4 is 5.32 Å². The predicted molar refractivity (Wildman–Crippen MR) is 255 cm³/mol. The van der Waals surface area contributed by atoms with Gasteiger partial charge in [0, 0.05) is 98.3 Å². The fourth-order valence-electron chi connectivity index (χ4n) is 13.1. The van der Waals surface area contributed by atoms with Crippen LogP contribution in [0.3, 0.4) is 0 Å². The molecule has 10 aliphatic rings. The molecule has 0 aliphatic carbocycles. The van der Waals surface area contributed by atoms with E-state index in [0.29, 0.717) is 25.1 Å². The van der Waals surface area contributed by atoms with Crippen molar-refractivity contribution in [1.29, 1.82) is 0 Å². The number of allylic oxidation sites excluding steroid dienone is 2. The molecular formula is C44H73N7O5S5. The number of rotatable bonds is 9. The van der Waals surface area contributed by atoms with Crippen LogP contribution in [0.4, 0.5) is 0 Å². The van der Waals surface area contributed by atoms with Gasteiger partial charge in [0.25, 0.3) is 0 Å². The van der Waals surface area contributed by atoms with Crippen LogP contribution in [0, 0.1) is 5.92 Å². The highest BCUT2D eigenvalue weighted by molar-refractivity contribution is 8.77. The Morgan fingerprint density at radius 1 is 0.672 bits per heavy atom. The Balaban J connectivity index is 1.38. The van der Waals surface area contributed by atoms with Crippen LogP contribution in [-0.4, -0.2) is 209 Å². The van der Waals surface area contributed by atoms with Gasteiger partial charge < -0.3 is 24.3 Å². The molecule has 0 saturated carbocycles. The van der Waals surface area contributed by atoms with Gasteiger partial charge in [0.05, 0.1) is 39.3 Å². The van der Waals surface area contributed by atoms with Crippen molar-refractivity contribution in [2.24, 2.45) is 5.92 Å². The fraction of sp³-hybridized carbons (Fsp3) is 0.909. The molecule has 0 amide bonds. The van der Waals surface area contributed by atoms with Gasteiger partial charge in [-0.2, -0.15) is 28.5 Å². The van der Waals surface area contributed by atoms with E-state index < -0.39 is 17.0 Å². The number of piperazine rings is 1. The molecule has 17 heteroatoms. The van der Waals surface area contributed by atoms with Gasteiger partial charge in [0.15, 0.2) is 5.79 Å². The van der Waals surface area contributed by atoms with Crippen molar-refractivity contribution < 1.29 is 23.1 Å². The molecule has 9 saturated heterocycles. The van der Waals surface area contributed by atoms with Crippen molar-refractivity contribution in [1.82, 2.24) is 34.9 Å². The SMILES string of the molecule is C1=COC(C2CN(C3CCCSO3)C(C3COCCO3)(C3CCCSS3)C(N3CCNCC3)(N3CCSCC3)N(N3CCOCC3)C2(C2CCCCS2)N2CCCCC2)C=C1. The first kappa shape index (κ1) is 45.4. The lowest BCUT2D eigenvalue weighted by Gasteiger charge is -2.75. The van der Waals surface area contributed by atoms with Gasteiger partial charge >= 0.3 is 0 Å². The maximum atomic E-state index is 7.59. The second-order valence-corrected chi connectivity index (χ2v) is 24.5. The number of hydrogen-bond donors (Lipinski definition) is 1. The van der Waals surface area contributed by atoms with Gasteiger partial charge in [0.1, 0.15) is 29.6 Å². The second kappa shape index (κ2) is 21.3. The Morgan fingerprint density at radius 2 is 1.49 bits per heavy atom. The second-order valence-electron chi connectivity index (χ2n) is 18.4. The zero-order valence-corrected chi connectivity index (χ0v) is 40.5. The highest BCUT2D eigenvalue weighted by Gasteiger charge is 2.79. The third kappa shape index (κ3) is 8.38. The molecule has 0 aromatic carbocycles. The van der Waals surface area contributed by atoms with Crippen molar-refractivity contribution in [3.05, 3.63) is 24.5 Å². The molecule has 61 heavy (non-hydrogen) atoms. The maximum absolute atomic E-state index is 7.59. The lowest BCUT2D eigenvalue weighted by Crippen LogP contribution is -2.95. The monoisotopic (exact) mass is 939 g/mol. The summed E-state index contributed by atoms with van der Waals surface area (Å²) in [5.41, 5.74) is -0.989. The third-order valence-electron chi connectivity index (χ3n) is 15.4. The Morgan fingerprint density at radius 3 is 2.20 bits per heavy atom. The van der Waals surface area contributed by atoms with Gasteiger partial charge in [-0.3, -0.25) is 23.8 Å². The van der Waals surface area contributed by atoms with Crippen molar-refractivity contribution in [2.75, 3.05) is 134 Å². The molecule has 0 spiro atoms. The van der Waals surface area contributed by atoms with Crippen LogP contribution in [0.5, 0.6) is 0 Å². The summed E-state index contributed by atoms with van der Waals surface area (Å²) >= 11 is 6.16. The molecule has 10 heterocycles. The van der Waals surface area contributed by atoms with Crippen LogP contribution in [0.25, 0.3) is 0 Å². The summed E-state index contributed by atoms with van der Waals surface area (Å²) in [4.78, 5) is 12.3. The molecule has 9 atom stereocenters. The zero-order valence-electron chi connectivity index (χ0n) is 36.5. The van der Waals surface area contributed by atoms with Gasteiger partial charge in [-0.15, -0.1) is 0 Å². The quantitative estimate of drug-likeness (QED) is 0.234. The summed E-state index contributed by atoms with van der Waals surface area (Å²) in [5, 5.41) is 10.6. The van der Waals surface area contributed by atoms with Crippen molar-refractivity contribution in [2.45, 2.75) is 110 Å². The van der Waals surface area contributed by atoms with E-state index >= 15 is 0 Å². The smallest absolute Gasteiger partial charge is 0.168 e. The molecule has 0 bridgehead atoms. The van der Waals surface area contributed by atoms with E-state index in [2.05, 4.69) is 98.3 Å². The van der Waals surface area contributed by atoms with E-state index in [1.807, 2.05) is 6.26 Å². The lowest BCUT2D eigenvalue weighted by atomic mass is 9.73. The number of likely N-dealkylation sites (tertiary alicyclic amines) is 1. The van der Waals surface area contributed by atoms with E-state index in [9.17, 15) is 0 Å². The van der Waals surface area contributed by atoms with Gasteiger partial charge in [-0.1, -0.05) is 40.5 Å². The molecule has 9 unspecified atom stereocenters. The number of hydrogen-bond acceptors (Lipinski definition) is 17. The van der Waals surface area contributed by atoms with E-state index in [1.165, 1.54) is 56.5 Å². The average molecular weight is 940 g/mol. The maximum Gasteiger partial charge on any atom is 0.168 e. The van der Waals surface area contributed by atoms with Crippen LogP contribution in [0.15, 0.2) is 24.5 Å². The van der Waals surface area contributed by atoms with Crippen molar-refractivity contribution in [3.63, 3.8) is 0 Å². The van der Waals surface area contributed by atoms with E-state index in [0.717, 1.165) is 122 Å². The average Bonchev–Trinajstić information content (AvgIpc) is 3.47. The Hall–Kier alpha value is 0.590. The summed E-state index contributed by atoms with van der Waals surface area (Å²) in [6.45, 7) is 14.1. The summed E-state index contributed by atoms with van der Waals surface area (Å²) < 4.78 is 35.3. The summed E-state index contributed by atoms with van der Waals surface area (Å²) in [5.74, 6) is 5.15. The van der Waals surface area contributed by atoms with Gasteiger partial charge in [-0.25, -0.2) is 5.01 Å². The molecule has 344 valence electrons. The highest BCUT2D eigenvalue weighted by Crippen LogP contribution is 2.63. The largest absolute Gasteiger partial charge is 0.493 e. The number of thioether (sulfide) groups is 2. The fourth-order valence-corrected chi connectivity index (χ4v) is 19.7. The summed E-state index contributed by atoms with van der Waals surface area (Å²) in [6, 6.07) is 0. The van der Waals surface area contributed by atoms with Crippen LogP contribution in [0.1, 0.15) is 64.2 Å². The van der Waals surface area contributed by atoms with E-state index in [-0.39, 0.29) is 29.6 Å². The molecule has 0 radical (unpaired) electrons. The van der Waals surface area contributed by atoms with Gasteiger partial charge in [-0.05, 0) is 94.4 Å². The minimum atomic E-state index is -0.641. The molecular weight excluding hydrogens is 867 g/mol. The molecule has 10 aliphatic heterocycles. The number of morpholine rings is 1. The molecule has 9 fully saturated rings. The van der Waals surface area contributed by atoms with E-state index in [4.69, 9.17) is 23.1 Å². The molecule has 0 aromatic heterocycles. The number of nitrogens with one attached hydrogen (secondary N) is 1. The first-order valence-electron chi connectivity index (χ1n) is 24.1. The Kier molecular flexibility index (Phi) is 15.8. The first-order valence-corrected chi connectivity index (χ1v) is 29.6. The number of nitrogens with zero attached hydrogens (tertiary/aromatic N) is 6. The molecule has 1 N–H and O–H groups in total. The predicted octanol–water partition coefficient (Wildman–Crippen LogP) is 5.49. The van der Waals surface area contributed by atoms with Crippen LogP contribution in [-0.2, 0) is 23.1 Å². The van der Waals surface area contributed by atoms with Crippen molar-refractivity contribution in [3.8, 4) is 0 Å². The normalized spacial score (nSPS) is 42.8. The number of piperidine rings is 1. The van der Waals surface area contributed by atoms with Crippen molar-refractivity contribution >= 4 is 57.2 Å². The van der Waals surface area contributed by atoms with Crippen LogP contribution >= 0.6 is 57.2 Å². The standard InChI is InChI=1S/C44H73N7O5S5/c1-4-16-46(17-5-1)43(40-11-3-7-29-58-40)36(37-10-2-6-24-54-37)34-50(41-13-9-30-59-56-41)42(38-35-53-27-28-55-38,39-12-8-31-60-61-39)44(47-18-14-45-15-19-47,48-22-32-57-33-23-48)51(43)49-20-25-52-26-21-49/h2,6,10,24,36-41,45H,1,3-5,7-9,11-23,25-35H2. The van der Waals surface area contributed by atoms with E-state index in [1.54, 1.807) is 12.0 Å². The topological polar surface area (TPSA) is 77.6 Å². The Labute approximate surface area is 387 Å². The lowest BCUT2D eigenvalue weighted by molar-refractivity contribution is -0.377. The zero-order chi connectivity index (χ0) is 41.0. The minimum absolute atomic E-state index is 0.0772. The summed E-state index contributed by atoms with van der Waals surface area (Å²) in [6.07, 6.45) is 20.5. The first-order chi connectivity index (χ1) is 30.3. The molecule has 12 nitrogen and oxygen atoms in total. The summed E-state index contributed by atoms with van der Waals surface area (Å²) in [7, 11) is 4.30. The minimum Gasteiger partial charge on any atom is -0.493 e. The number of ether oxygens (including phenoxy) is 4. The molecule has 0 aromatic rings. The highest BCUT2D eigenvalue weighted by atomic mass is 33.1. The third-order valence-corrected chi connectivity index (χ3v) is 21.7.